The summed E-state index contributed by atoms with van der Waals surface area (Å²) in [6.07, 6.45) is 1.03. The van der Waals surface area contributed by atoms with Gasteiger partial charge in [-0.2, -0.15) is 0 Å². The molecule has 0 unspecified atom stereocenters. The Balaban J connectivity index is 1.47. The first kappa shape index (κ1) is 13.3. The zero-order chi connectivity index (χ0) is 13.8. The highest BCUT2D eigenvalue weighted by Gasteiger charge is 2.16. The summed E-state index contributed by atoms with van der Waals surface area (Å²) < 4.78 is 6.42. The third-order valence-corrected chi connectivity index (χ3v) is 4.35. The molecule has 1 aliphatic heterocycles. The lowest BCUT2D eigenvalue weighted by atomic mass is 10.1. The van der Waals surface area contributed by atoms with Crippen LogP contribution in [-0.4, -0.2) is 30.8 Å². The van der Waals surface area contributed by atoms with Crippen molar-refractivity contribution in [2.45, 2.75) is 13.0 Å². The van der Waals surface area contributed by atoms with Gasteiger partial charge in [-0.15, -0.1) is 11.3 Å². The van der Waals surface area contributed by atoms with Crippen LogP contribution in [0.1, 0.15) is 11.4 Å². The van der Waals surface area contributed by atoms with Crippen molar-refractivity contribution in [3.63, 3.8) is 0 Å². The maximum Gasteiger partial charge on any atom is 0.315 e. The highest BCUT2D eigenvalue weighted by atomic mass is 32.1. The predicted octanol–water partition coefficient (Wildman–Crippen LogP) is 2.13. The van der Waals surface area contributed by atoms with E-state index in [0.717, 1.165) is 34.9 Å². The van der Waals surface area contributed by atoms with E-state index in [2.05, 4.69) is 15.6 Å². The second-order valence-electron chi connectivity index (χ2n) is 4.87. The van der Waals surface area contributed by atoms with Crippen molar-refractivity contribution in [2.75, 3.05) is 19.8 Å². The standard InChI is InChI=1S/C14H17N3O2S/c18-14(15-7-10-5-6-19-9-10)16-8-13-17-11-3-1-2-4-12(11)20-13/h1-4,10H,5-9H2,(H2,15,16,18)/t10-/m0/s1. The second-order valence-corrected chi connectivity index (χ2v) is 5.98. The molecule has 0 bridgehead atoms. The van der Waals surface area contributed by atoms with Gasteiger partial charge in [-0.3, -0.25) is 0 Å². The maximum absolute atomic E-state index is 11.7. The van der Waals surface area contributed by atoms with Crippen molar-refractivity contribution in [2.24, 2.45) is 5.92 Å². The van der Waals surface area contributed by atoms with E-state index < -0.39 is 0 Å². The normalized spacial score (nSPS) is 18.3. The SMILES string of the molecule is O=C(NCc1nc2ccccc2s1)NC[C@@H]1CCOC1. The molecule has 0 radical (unpaired) electrons. The van der Waals surface area contributed by atoms with E-state index in [1.165, 1.54) is 0 Å². The summed E-state index contributed by atoms with van der Waals surface area (Å²) in [7, 11) is 0. The number of hydrogen-bond donors (Lipinski definition) is 2. The molecule has 0 saturated carbocycles. The number of aromatic nitrogens is 1. The van der Waals surface area contributed by atoms with Gasteiger partial charge in [-0.1, -0.05) is 12.1 Å². The number of para-hydroxylation sites is 1. The van der Waals surface area contributed by atoms with E-state index in [1.54, 1.807) is 11.3 Å². The molecule has 2 N–H and O–H groups in total. The molecular formula is C14H17N3O2S. The predicted molar refractivity (Wildman–Crippen MR) is 78.8 cm³/mol. The molecule has 0 aliphatic carbocycles. The van der Waals surface area contributed by atoms with Gasteiger partial charge >= 0.3 is 6.03 Å². The lowest BCUT2D eigenvalue weighted by molar-refractivity contribution is 0.185. The summed E-state index contributed by atoms with van der Waals surface area (Å²) in [5, 5.41) is 6.64. The average molecular weight is 291 g/mol. The van der Waals surface area contributed by atoms with E-state index >= 15 is 0 Å². The topological polar surface area (TPSA) is 63.2 Å². The Bertz CT molecular complexity index is 560. The molecule has 5 nitrogen and oxygen atoms in total. The first-order chi connectivity index (χ1) is 9.81. The second kappa shape index (κ2) is 6.19. The Morgan fingerprint density at radius 1 is 1.40 bits per heavy atom. The van der Waals surface area contributed by atoms with Crippen molar-refractivity contribution < 1.29 is 9.53 Å². The number of benzene rings is 1. The van der Waals surface area contributed by atoms with Gasteiger partial charge in [-0.25, -0.2) is 9.78 Å². The van der Waals surface area contributed by atoms with Gasteiger partial charge in [-0.05, 0) is 18.6 Å². The Morgan fingerprint density at radius 2 is 2.30 bits per heavy atom. The molecule has 1 atom stereocenters. The molecule has 1 aliphatic rings. The quantitative estimate of drug-likeness (QED) is 0.907. The Morgan fingerprint density at radius 3 is 3.10 bits per heavy atom. The number of nitrogens with one attached hydrogen (secondary N) is 2. The first-order valence-electron chi connectivity index (χ1n) is 6.75. The molecule has 2 amide bonds. The Labute approximate surface area is 121 Å². The molecule has 6 heteroatoms. The molecule has 2 aromatic rings. The molecule has 20 heavy (non-hydrogen) atoms. The molecule has 1 aromatic heterocycles. The van der Waals surface area contributed by atoms with E-state index in [9.17, 15) is 4.79 Å². The lowest BCUT2D eigenvalue weighted by Crippen LogP contribution is -2.38. The fourth-order valence-corrected chi connectivity index (χ4v) is 3.10. The average Bonchev–Trinajstić information content (AvgIpc) is 3.11. The number of hydrogen-bond acceptors (Lipinski definition) is 4. The summed E-state index contributed by atoms with van der Waals surface area (Å²) in [5.74, 6) is 0.447. The summed E-state index contributed by atoms with van der Waals surface area (Å²) in [5.41, 5.74) is 0.984. The minimum Gasteiger partial charge on any atom is -0.381 e. The van der Waals surface area contributed by atoms with Crippen molar-refractivity contribution in [1.82, 2.24) is 15.6 Å². The number of rotatable bonds is 4. The molecule has 1 fully saturated rings. The van der Waals surface area contributed by atoms with Crippen molar-refractivity contribution in [3.05, 3.63) is 29.3 Å². The van der Waals surface area contributed by atoms with E-state index in [4.69, 9.17) is 4.74 Å². The summed E-state index contributed by atoms with van der Waals surface area (Å²) >= 11 is 1.61. The van der Waals surface area contributed by atoms with Crippen LogP contribution in [0.4, 0.5) is 4.79 Å². The van der Waals surface area contributed by atoms with Gasteiger partial charge in [0.15, 0.2) is 0 Å². The van der Waals surface area contributed by atoms with Gasteiger partial charge in [0, 0.05) is 19.1 Å². The number of amides is 2. The van der Waals surface area contributed by atoms with Crippen LogP contribution in [0.5, 0.6) is 0 Å². The van der Waals surface area contributed by atoms with Crippen molar-refractivity contribution >= 4 is 27.6 Å². The maximum atomic E-state index is 11.7. The van der Waals surface area contributed by atoms with Crippen molar-refractivity contribution in [1.29, 1.82) is 0 Å². The van der Waals surface area contributed by atoms with E-state index in [-0.39, 0.29) is 6.03 Å². The van der Waals surface area contributed by atoms with Crippen LogP contribution in [0.2, 0.25) is 0 Å². The van der Waals surface area contributed by atoms with Crippen LogP contribution in [0.15, 0.2) is 24.3 Å². The van der Waals surface area contributed by atoms with Crippen LogP contribution >= 0.6 is 11.3 Å². The fourth-order valence-electron chi connectivity index (χ4n) is 2.20. The number of ether oxygens (including phenoxy) is 1. The number of carbonyl (C=O) groups is 1. The van der Waals surface area contributed by atoms with E-state index in [1.807, 2.05) is 24.3 Å². The molecule has 1 aromatic carbocycles. The highest BCUT2D eigenvalue weighted by molar-refractivity contribution is 7.18. The molecule has 0 spiro atoms. The Hall–Kier alpha value is -1.66. The zero-order valence-electron chi connectivity index (χ0n) is 11.1. The van der Waals surface area contributed by atoms with Crippen LogP contribution in [0, 0.1) is 5.92 Å². The van der Waals surface area contributed by atoms with E-state index in [0.29, 0.717) is 19.0 Å². The third kappa shape index (κ3) is 3.26. The molecule has 1 saturated heterocycles. The van der Waals surface area contributed by atoms with Gasteiger partial charge in [0.05, 0.1) is 23.4 Å². The van der Waals surface area contributed by atoms with Gasteiger partial charge in [0.25, 0.3) is 0 Å². The zero-order valence-corrected chi connectivity index (χ0v) is 11.9. The third-order valence-electron chi connectivity index (χ3n) is 3.31. The Kier molecular flexibility index (Phi) is 4.13. The van der Waals surface area contributed by atoms with Crippen LogP contribution in [0.3, 0.4) is 0 Å². The summed E-state index contributed by atoms with van der Waals surface area (Å²) in [6.45, 7) is 2.69. The van der Waals surface area contributed by atoms with Crippen LogP contribution in [-0.2, 0) is 11.3 Å². The summed E-state index contributed by atoms with van der Waals surface area (Å²) in [4.78, 5) is 16.2. The number of nitrogens with zero attached hydrogens (tertiary/aromatic N) is 1. The van der Waals surface area contributed by atoms with Gasteiger partial charge < -0.3 is 15.4 Å². The number of carbonyl (C=O) groups excluding carboxylic acids is 1. The lowest BCUT2D eigenvalue weighted by Gasteiger charge is -2.09. The summed E-state index contributed by atoms with van der Waals surface area (Å²) in [6, 6.07) is 7.84. The molecular weight excluding hydrogens is 274 g/mol. The fraction of sp³-hybridized carbons (Fsp3) is 0.429. The van der Waals surface area contributed by atoms with Gasteiger partial charge in [0.2, 0.25) is 0 Å². The molecule has 3 rings (SSSR count). The highest BCUT2D eigenvalue weighted by Crippen LogP contribution is 2.21. The molecule has 106 valence electrons. The van der Waals surface area contributed by atoms with Crippen molar-refractivity contribution in [3.8, 4) is 0 Å². The number of fused-ring (bicyclic) bond motifs is 1. The number of urea groups is 1. The van der Waals surface area contributed by atoms with Crippen LogP contribution in [0.25, 0.3) is 10.2 Å². The largest absolute Gasteiger partial charge is 0.381 e. The first-order valence-corrected chi connectivity index (χ1v) is 7.57. The monoisotopic (exact) mass is 291 g/mol. The minimum atomic E-state index is -0.142. The van der Waals surface area contributed by atoms with Gasteiger partial charge in [0.1, 0.15) is 5.01 Å². The number of thiazole rings is 1. The molecule has 2 heterocycles. The smallest absolute Gasteiger partial charge is 0.315 e. The minimum absolute atomic E-state index is 0.142. The van der Waals surface area contributed by atoms with Crippen LogP contribution < -0.4 is 10.6 Å².